The number of amides is 1. The minimum Gasteiger partial charge on any atom is -0.383 e. The number of aromatic nitrogens is 2. The van der Waals surface area contributed by atoms with Crippen LogP contribution in [0.1, 0.15) is 31.0 Å². The summed E-state index contributed by atoms with van der Waals surface area (Å²) < 4.78 is 7.04. The Labute approximate surface area is 113 Å². The third-order valence-corrected chi connectivity index (χ3v) is 3.68. The quantitative estimate of drug-likeness (QED) is 0.858. The minimum absolute atomic E-state index is 0.0568. The highest BCUT2D eigenvalue weighted by molar-refractivity contribution is 5.77. The standard InChI is InChI=1S/C13H22N4O2/c1-16-9-15-8-11(16)13-10(14)4-3-5-12(18)17(13)6-7-19-2/h8-10,13H,3-7,14H2,1-2H3. The average molecular weight is 266 g/mol. The van der Waals surface area contributed by atoms with Crippen molar-refractivity contribution in [3.63, 3.8) is 0 Å². The summed E-state index contributed by atoms with van der Waals surface area (Å²) in [5, 5.41) is 0. The third-order valence-electron chi connectivity index (χ3n) is 3.68. The van der Waals surface area contributed by atoms with E-state index >= 15 is 0 Å². The van der Waals surface area contributed by atoms with Crippen molar-refractivity contribution in [3.05, 3.63) is 18.2 Å². The second-order valence-electron chi connectivity index (χ2n) is 5.01. The molecule has 6 nitrogen and oxygen atoms in total. The topological polar surface area (TPSA) is 73.4 Å². The van der Waals surface area contributed by atoms with Gasteiger partial charge in [0.2, 0.25) is 5.91 Å². The number of imidazole rings is 1. The van der Waals surface area contributed by atoms with E-state index in [2.05, 4.69) is 4.98 Å². The van der Waals surface area contributed by atoms with Crippen LogP contribution in [0.5, 0.6) is 0 Å². The Morgan fingerprint density at radius 2 is 2.37 bits per heavy atom. The van der Waals surface area contributed by atoms with Crippen LogP contribution in [0.4, 0.5) is 0 Å². The molecule has 0 radical (unpaired) electrons. The second kappa shape index (κ2) is 6.16. The van der Waals surface area contributed by atoms with Crippen LogP contribution < -0.4 is 5.73 Å². The van der Waals surface area contributed by atoms with E-state index in [-0.39, 0.29) is 18.0 Å². The Balaban J connectivity index is 2.31. The minimum atomic E-state index is -0.113. The van der Waals surface area contributed by atoms with Crippen LogP contribution >= 0.6 is 0 Å². The molecular weight excluding hydrogens is 244 g/mol. The first-order chi connectivity index (χ1) is 9.15. The van der Waals surface area contributed by atoms with Crippen LogP contribution in [0.2, 0.25) is 0 Å². The van der Waals surface area contributed by atoms with E-state index in [1.165, 1.54) is 0 Å². The Kier molecular flexibility index (Phi) is 4.55. The van der Waals surface area contributed by atoms with Gasteiger partial charge in [-0.3, -0.25) is 4.79 Å². The first-order valence-corrected chi connectivity index (χ1v) is 6.65. The summed E-state index contributed by atoms with van der Waals surface area (Å²) in [5.41, 5.74) is 7.27. The Hall–Kier alpha value is -1.40. The van der Waals surface area contributed by atoms with E-state index in [0.29, 0.717) is 19.6 Å². The summed E-state index contributed by atoms with van der Waals surface area (Å²) in [6.07, 6.45) is 5.80. The van der Waals surface area contributed by atoms with Crippen molar-refractivity contribution in [1.82, 2.24) is 14.5 Å². The Morgan fingerprint density at radius 1 is 1.58 bits per heavy atom. The first-order valence-electron chi connectivity index (χ1n) is 6.65. The first kappa shape index (κ1) is 14.0. The zero-order valence-electron chi connectivity index (χ0n) is 11.6. The molecule has 106 valence electrons. The van der Waals surface area contributed by atoms with Crippen molar-refractivity contribution in [2.75, 3.05) is 20.3 Å². The summed E-state index contributed by atoms with van der Waals surface area (Å²) in [7, 11) is 3.57. The molecule has 0 saturated carbocycles. The number of hydrogen-bond acceptors (Lipinski definition) is 4. The number of carbonyl (C=O) groups excluding carboxylic acids is 1. The zero-order chi connectivity index (χ0) is 13.8. The van der Waals surface area contributed by atoms with Crippen molar-refractivity contribution in [3.8, 4) is 0 Å². The second-order valence-corrected chi connectivity index (χ2v) is 5.01. The highest BCUT2D eigenvalue weighted by atomic mass is 16.5. The summed E-state index contributed by atoms with van der Waals surface area (Å²) in [6.45, 7) is 1.09. The van der Waals surface area contributed by atoms with Gasteiger partial charge < -0.3 is 19.9 Å². The third kappa shape index (κ3) is 2.96. The van der Waals surface area contributed by atoms with Crippen molar-refractivity contribution >= 4 is 5.91 Å². The molecule has 6 heteroatoms. The van der Waals surface area contributed by atoms with Crippen molar-refractivity contribution < 1.29 is 9.53 Å². The fourth-order valence-electron chi connectivity index (χ4n) is 2.66. The molecule has 2 unspecified atom stereocenters. The number of carbonyl (C=O) groups is 1. The van der Waals surface area contributed by atoms with Gasteiger partial charge >= 0.3 is 0 Å². The SMILES string of the molecule is COCCN1C(=O)CCCC(N)C1c1cncn1C. The number of rotatable bonds is 4. The number of ether oxygens (including phenoxy) is 1. The lowest BCUT2D eigenvalue weighted by Crippen LogP contribution is -2.44. The van der Waals surface area contributed by atoms with E-state index in [1.807, 2.05) is 16.5 Å². The Morgan fingerprint density at radius 3 is 3.00 bits per heavy atom. The number of aryl methyl sites for hydroxylation is 1. The lowest BCUT2D eigenvalue weighted by Gasteiger charge is -2.33. The lowest BCUT2D eigenvalue weighted by molar-refractivity contribution is -0.134. The molecule has 1 aromatic rings. The van der Waals surface area contributed by atoms with Gasteiger partial charge in [0.1, 0.15) is 0 Å². The van der Waals surface area contributed by atoms with Crippen molar-refractivity contribution in [2.45, 2.75) is 31.3 Å². The van der Waals surface area contributed by atoms with E-state index in [1.54, 1.807) is 19.6 Å². The van der Waals surface area contributed by atoms with Gasteiger partial charge in [0.15, 0.2) is 0 Å². The lowest BCUT2D eigenvalue weighted by atomic mass is 10.0. The number of nitrogens with two attached hydrogens (primary N) is 1. The fraction of sp³-hybridized carbons (Fsp3) is 0.692. The molecular formula is C13H22N4O2. The summed E-state index contributed by atoms with van der Waals surface area (Å²) in [6, 6.07) is -0.170. The van der Waals surface area contributed by atoms with Crippen LogP contribution in [0, 0.1) is 0 Å². The Bertz CT molecular complexity index is 432. The van der Waals surface area contributed by atoms with Gasteiger partial charge in [0.25, 0.3) is 0 Å². The number of methoxy groups -OCH3 is 1. The molecule has 2 atom stereocenters. The molecule has 0 bridgehead atoms. The molecule has 19 heavy (non-hydrogen) atoms. The van der Waals surface area contributed by atoms with E-state index in [9.17, 15) is 4.79 Å². The molecule has 1 saturated heterocycles. The summed E-state index contributed by atoms with van der Waals surface area (Å²) in [5.74, 6) is 0.149. The maximum Gasteiger partial charge on any atom is 0.223 e. The van der Waals surface area contributed by atoms with Crippen molar-refractivity contribution in [2.24, 2.45) is 12.8 Å². The molecule has 0 spiro atoms. The van der Waals surface area contributed by atoms with Crippen molar-refractivity contribution in [1.29, 1.82) is 0 Å². The van der Waals surface area contributed by atoms with Crippen LogP contribution in [-0.2, 0) is 16.6 Å². The number of hydrogen-bond donors (Lipinski definition) is 1. The fourth-order valence-corrected chi connectivity index (χ4v) is 2.66. The molecule has 1 aliphatic rings. The highest BCUT2D eigenvalue weighted by Crippen LogP contribution is 2.29. The smallest absolute Gasteiger partial charge is 0.223 e. The van der Waals surface area contributed by atoms with Gasteiger partial charge in [-0.1, -0.05) is 0 Å². The largest absolute Gasteiger partial charge is 0.383 e. The summed E-state index contributed by atoms with van der Waals surface area (Å²) >= 11 is 0. The van der Waals surface area contributed by atoms with E-state index < -0.39 is 0 Å². The van der Waals surface area contributed by atoms with Gasteiger partial charge in [-0.2, -0.15) is 0 Å². The molecule has 2 rings (SSSR count). The predicted molar refractivity (Wildman–Crippen MR) is 71.4 cm³/mol. The maximum atomic E-state index is 12.3. The molecule has 2 N–H and O–H groups in total. The van der Waals surface area contributed by atoms with E-state index in [0.717, 1.165) is 18.5 Å². The van der Waals surface area contributed by atoms with Crippen LogP contribution in [0.25, 0.3) is 0 Å². The predicted octanol–water partition coefficient (Wildman–Crippen LogP) is 0.447. The van der Waals surface area contributed by atoms with Gasteiger partial charge in [-0.05, 0) is 12.8 Å². The molecule has 2 heterocycles. The monoisotopic (exact) mass is 266 g/mol. The number of likely N-dealkylation sites (tertiary alicyclic amines) is 1. The number of nitrogens with zero attached hydrogens (tertiary/aromatic N) is 3. The van der Waals surface area contributed by atoms with Gasteiger partial charge in [-0.15, -0.1) is 0 Å². The molecule has 0 aromatic carbocycles. The van der Waals surface area contributed by atoms with Crippen LogP contribution in [0.15, 0.2) is 12.5 Å². The molecule has 1 fully saturated rings. The maximum absolute atomic E-state index is 12.3. The van der Waals surface area contributed by atoms with E-state index in [4.69, 9.17) is 10.5 Å². The molecule has 1 amide bonds. The van der Waals surface area contributed by atoms with Crippen LogP contribution in [-0.4, -0.2) is 46.7 Å². The zero-order valence-corrected chi connectivity index (χ0v) is 11.6. The van der Waals surface area contributed by atoms with Gasteiger partial charge in [-0.25, -0.2) is 4.98 Å². The van der Waals surface area contributed by atoms with Crippen LogP contribution in [0.3, 0.4) is 0 Å². The van der Waals surface area contributed by atoms with Gasteiger partial charge in [0.05, 0.1) is 30.9 Å². The summed E-state index contributed by atoms with van der Waals surface area (Å²) in [4.78, 5) is 18.3. The highest BCUT2D eigenvalue weighted by Gasteiger charge is 2.34. The average Bonchev–Trinajstić information content (AvgIpc) is 2.74. The molecule has 0 aliphatic carbocycles. The normalized spacial score (nSPS) is 24.6. The molecule has 1 aliphatic heterocycles. The van der Waals surface area contributed by atoms with Gasteiger partial charge in [0, 0.05) is 33.2 Å². The molecule has 1 aromatic heterocycles.